The van der Waals surface area contributed by atoms with Crippen LogP contribution in [0, 0.1) is 11.6 Å². The Hall–Kier alpha value is -0.750. The molecule has 0 spiro atoms. The SMILES string of the molecule is Fc1cc(F)c(NC(=S)NC2CCCCC2)cc1Br. The van der Waals surface area contributed by atoms with Crippen molar-refractivity contribution >= 4 is 38.9 Å². The van der Waals surface area contributed by atoms with Crippen molar-refractivity contribution in [1.29, 1.82) is 0 Å². The zero-order valence-corrected chi connectivity index (χ0v) is 12.7. The second kappa shape index (κ2) is 6.61. The highest BCUT2D eigenvalue weighted by atomic mass is 79.9. The number of thiocarbonyl (C=S) groups is 1. The van der Waals surface area contributed by atoms with Crippen molar-refractivity contribution in [1.82, 2.24) is 5.32 Å². The molecule has 1 aliphatic rings. The lowest BCUT2D eigenvalue weighted by Gasteiger charge is -2.24. The predicted octanol–water partition coefficient (Wildman–Crippen LogP) is 4.35. The first-order chi connectivity index (χ1) is 9.06. The fourth-order valence-corrected chi connectivity index (χ4v) is 2.83. The van der Waals surface area contributed by atoms with Crippen LogP contribution in [0.1, 0.15) is 32.1 Å². The number of rotatable bonds is 2. The molecule has 104 valence electrons. The van der Waals surface area contributed by atoms with Gasteiger partial charge in [0.15, 0.2) is 5.11 Å². The van der Waals surface area contributed by atoms with Gasteiger partial charge in [0.1, 0.15) is 11.6 Å². The van der Waals surface area contributed by atoms with Crippen molar-refractivity contribution < 1.29 is 8.78 Å². The summed E-state index contributed by atoms with van der Waals surface area (Å²) >= 11 is 8.18. The third-order valence-electron chi connectivity index (χ3n) is 3.20. The summed E-state index contributed by atoms with van der Waals surface area (Å²) in [6.45, 7) is 0. The van der Waals surface area contributed by atoms with E-state index >= 15 is 0 Å². The van der Waals surface area contributed by atoms with Gasteiger partial charge in [-0.2, -0.15) is 0 Å². The maximum Gasteiger partial charge on any atom is 0.171 e. The van der Waals surface area contributed by atoms with E-state index in [2.05, 4.69) is 26.6 Å². The first kappa shape index (κ1) is 14.7. The normalized spacial score (nSPS) is 16.2. The van der Waals surface area contributed by atoms with Crippen molar-refractivity contribution in [3.05, 3.63) is 28.2 Å². The maximum atomic E-state index is 13.6. The van der Waals surface area contributed by atoms with Gasteiger partial charge in [0.25, 0.3) is 0 Å². The molecule has 0 aromatic heterocycles. The second-order valence-corrected chi connectivity index (χ2v) is 5.94. The van der Waals surface area contributed by atoms with Crippen LogP contribution >= 0.6 is 28.1 Å². The van der Waals surface area contributed by atoms with E-state index in [1.807, 2.05) is 0 Å². The smallest absolute Gasteiger partial charge is 0.171 e. The van der Waals surface area contributed by atoms with E-state index in [4.69, 9.17) is 12.2 Å². The predicted molar refractivity (Wildman–Crippen MR) is 80.3 cm³/mol. The molecule has 0 atom stereocenters. The zero-order chi connectivity index (χ0) is 13.8. The fourth-order valence-electron chi connectivity index (χ4n) is 2.21. The van der Waals surface area contributed by atoms with Gasteiger partial charge in [-0.25, -0.2) is 8.78 Å². The Bertz CT molecular complexity index is 476. The number of nitrogens with one attached hydrogen (secondary N) is 2. The van der Waals surface area contributed by atoms with Crippen molar-refractivity contribution in [3.8, 4) is 0 Å². The van der Waals surface area contributed by atoms with Gasteiger partial charge in [-0.05, 0) is 47.1 Å². The van der Waals surface area contributed by atoms with E-state index in [1.165, 1.54) is 25.3 Å². The molecule has 0 bridgehead atoms. The summed E-state index contributed by atoms with van der Waals surface area (Å²) in [6.07, 6.45) is 5.81. The van der Waals surface area contributed by atoms with Crippen molar-refractivity contribution in [2.75, 3.05) is 5.32 Å². The zero-order valence-electron chi connectivity index (χ0n) is 10.3. The monoisotopic (exact) mass is 348 g/mol. The summed E-state index contributed by atoms with van der Waals surface area (Å²) in [5, 5.41) is 6.33. The van der Waals surface area contributed by atoms with E-state index in [-0.39, 0.29) is 10.2 Å². The summed E-state index contributed by atoms with van der Waals surface area (Å²) in [4.78, 5) is 0. The summed E-state index contributed by atoms with van der Waals surface area (Å²) in [5.41, 5.74) is 0.168. The van der Waals surface area contributed by atoms with E-state index in [0.717, 1.165) is 18.9 Å². The number of benzene rings is 1. The molecule has 19 heavy (non-hydrogen) atoms. The molecule has 0 saturated heterocycles. The van der Waals surface area contributed by atoms with Crippen molar-refractivity contribution in [2.24, 2.45) is 0 Å². The molecule has 6 heteroatoms. The van der Waals surface area contributed by atoms with E-state index in [0.29, 0.717) is 11.2 Å². The van der Waals surface area contributed by atoms with E-state index in [9.17, 15) is 8.78 Å². The van der Waals surface area contributed by atoms with Gasteiger partial charge in [0.2, 0.25) is 0 Å². The van der Waals surface area contributed by atoms with Crippen LogP contribution in [0.15, 0.2) is 16.6 Å². The van der Waals surface area contributed by atoms with Crippen LogP contribution in [0.5, 0.6) is 0 Å². The van der Waals surface area contributed by atoms with Gasteiger partial charge in [-0.3, -0.25) is 0 Å². The minimum atomic E-state index is -0.659. The Morgan fingerprint density at radius 1 is 1.16 bits per heavy atom. The van der Waals surface area contributed by atoms with Crippen LogP contribution in [0.2, 0.25) is 0 Å². The Kier molecular flexibility index (Phi) is 5.10. The molecular weight excluding hydrogens is 334 g/mol. The number of halogens is 3. The number of anilines is 1. The van der Waals surface area contributed by atoms with E-state index < -0.39 is 11.6 Å². The quantitative estimate of drug-likeness (QED) is 0.613. The van der Waals surface area contributed by atoms with Gasteiger partial charge >= 0.3 is 0 Å². The lowest BCUT2D eigenvalue weighted by molar-refractivity contribution is 0.414. The van der Waals surface area contributed by atoms with Crippen molar-refractivity contribution in [3.63, 3.8) is 0 Å². The summed E-state index contributed by atoms with van der Waals surface area (Å²) in [5.74, 6) is -1.29. The molecule has 2 rings (SSSR count). The third kappa shape index (κ3) is 4.11. The van der Waals surface area contributed by atoms with Gasteiger partial charge in [0.05, 0.1) is 10.2 Å². The molecule has 1 aromatic rings. The first-order valence-corrected chi connectivity index (χ1v) is 7.48. The van der Waals surface area contributed by atoms with Gasteiger partial charge < -0.3 is 10.6 Å². The molecule has 0 aliphatic heterocycles. The Labute approximate surface area is 125 Å². The lowest BCUT2D eigenvalue weighted by Crippen LogP contribution is -2.39. The van der Waals surface area contributed by atoms with E-state index in [1.54, 1.807) is 0 Å². The van der Waals surface area contributed by atoms with Crippen molar-refractivity contribution in [2.45, 2.75) is 38.1 Å². The largest absolute Gasteiger partial charge is 0.360 e. The van der Waals surface area contributed by atoms with Crippen LogP contribution in [-0.4, -0.2) is 11.2 Å². The molecule has 0 unspecified atom stereocenters. The molecule has 1 saturated carbocycles. The molecule has 2 nitrogen and oxygen atoms in total. The maximum absolute atomic E-state index is 13.6. The second-order valence-electron chi connectivity index (χ2n) is 4.68. The Morgan fingerprint density at radius 3 is 2.53 bits per heavy atom. The minimum absolute atomic E-state index is 0.168. The summed E-state index contributed by atoms with van der Waals surface area (Å²) in [6, 6.07) is 2.52. The number of hydrogen-bond donors (Lipinski definition) is 2. The Morgan fingerprint density at radius 2 is 1.84 bits per heavy atom. The minimum Gasteiger partial charge on any atom is -0.360 e. The molecule has 1 fully saturated rings. The highest BCUT2D eigenvalue weighted by Crippen LogP contribution is 2.24. The molecule has 0 radical (unpaired) electrons. The molecule has 2 N–H and O–H groups in total. The standard InChI is InChI=1S/C13H15BrF2N2S/c14-9-6-12(11(16)7-10(9)15)18-13(19)17-8-4-2-1-3-5-8/h6-8H,1-5H2,(H2,17,18,19). The third-order valence-corrected chi connectivity index (χ3v) is 4.03. The molecule has 1 aromatic carbocycles. The highest BCUT2D eigenvalue weighted by molar-refractivity contribution is 9.10. The van der Waals surface area contributed by atoms with Crippen LogP contribution in [0.3, 0.4) is 0 Å². The van der Waals surface area contributed by atoms with Crippen LogP contribution < -0.4 is 10.6 Å². The van der Waals surface area contributed by atoms with Gasteiger partial charge in [-0.1, -0.05) is 19.3 Å². The fraction of sp³-hybridized carbons (Fsp3) is 0.462. The highest BCUT2D eigenvalue weighted by Gasteiger charge is 2.15. The van der Waals surface area contributed by atoms with Gasteiger partial charge in [-0.15, -0.1) is 0 Å². The topological polar surface area (TPSA) is 24.1 Å². The van der Waals surface area contributed by atoms with Crippen LogP contribution in [0.25, 0.3) is 0 Å². The molecule has 0 amide bonds. The summed E-state index contributed by atoms with van der Waals surface area (Å²) < 4.78 is 26.9. The molecular formula is C13H15BrF2N2S. The van der Waals surface area contributed by atoms with Crippen LogP contribution in [0.4, 0.5) is 14.5 Å². The lowest BCUT2D eigenvalue weighted by atomic mass is 9.96. The molecule has 1 aliphatic carbocycles. The van der Waals surface area contributed by atoms with Gasteiger partial charge in [0, 0.05) is 12.1 Å². The number of hydrogen-bond acceptors (Lipinski definition) is 1. The Balaban J connectivity index is 1.96. The van der Waals surface area contributed by atoms with Crippen LogP contribution in [-0.2, 0) is 0 Å². The summed E-state index contributed by atoms with van der Waals surface area (Å²) in [7, 11) is 0. The average molecular weight is 349 g/mol. The first-order valence-electron chi connectivity index (χ1n) is 6.28. The average Bonchev–Trinajstić information content (AvgIpc) is 2.37. The molecule has 0 heterocycles.